The van der Waals surface area contributed by atoms with E-state index in [4.69, 9.17) is 4.99 Å². The maximum Gasteiger partial charge on any atom is 0.225 e. The highest BCUT2D eigenvalue weighted by Crippen LogP contribution is 2.24. The summed E-state index contributed by atoms with van der Waals surface area (Å²) in [5.41, 5.74) is -0.344. The van der Waals surface area contributed by atoms with Crippen LogP contribution in [0.3, 0.4) is 0 Å². The van der Waals surface area contributed by atoms with Gasteiger partial charge in [-0.3, -0.25) is 9.79 Å². The SMILES string of the molecule is CCNC(=NCCNC(=O)C(C)(C)C)N1CCSC(C(C)C)C1. The Morgan fingerprint density at radius 3 is 2.61 bits per heavy atom. The second-order valence-electron chi connectivity index (χ2n) is 7.34. The minimum Gasteiger partial charge on any atom is -0.357 e. The molecule has 0 aromatic heterocycles. The molecule has 1 heterocycles. The Labute approximate surface area is 146 Å². The van der Waals surface area contributed by atoms with Crippen LogP contribution in [0.2, 0.25) is 0 Å². The summed E-state index contributed by atoms with van der Waals surface area (Å²) >= 11 is 2.06. The molecule has 0 aliphatic carbocycles. The molecule has 0 spiro atoms. The maximum absolute atomic E-state index is 11.9. The second kappa shape index (κ2) is 9.40. The van der Waals surface area contributed by atoms with Gasteiger partial charge in [0.05, 0.1) is 6.54 Å². The minimum absolute atomic E-state index is 0.0759. The fraction of sp³-hybridized carbons (Fsp3) is 0.882. The van der Waals surface area contributed by atoms with Crippen LogP contribution in [0, 0.1) is 11.3 Å². The zero-order valence-electron chi connectivity index (χ0n) is 15.6. The third kappa shape index (κ3) is 7.02. The average molecular weight is 343 g/mol. The summed E-state index contributed by atoms with van der Waals surface area (Å²) in [6, 6.07) is 0. The van der Waals surface area contributed by atoms with Gasteiger partial charge in [-0.15, -0.1) is 0 Å². The summed E-state index contributed by atoms with van der Waals surface area (Å²) in [7, 11) is 0. The fourth-order valence-corrected chi connectivity index (χ4v) is 3.59. The van der Waals surface area contributed by atoms with Gasteiger partial charge in [-0.1, -0.05) is 34.6 Å². The lowest BCUT2D eigenvalue weighted by Crippen LogP contribution is -2.49. The van der Waals surface area contributed by atoms with Crippen molar-refractivity contribution >= 4 is 23.6 Å². The maximum atomic E-state index is 11.9. The Morgan fingerprint density at radius 1 is 1.35 bits per heavy atom. The molecule has 1 aliphatic heterocycles. The number of rotatable bonds is 5. The number of aliphatic imine (C=N–C) groups is 1. The smallest absolute Gasteiger partial charge is 0.225 e. The van der Waals surface area contributed by atoms with Crippen molar-refractivity contribution in [2.75, 3.05) is 38.5 Å². The molecule has 0 radical (unpaired) electrons. The molecule has 0 aromatic carbocycles. The van der Waals surface area contributed by atoms with Crippen molar-refractivity contribution in [3.63, 3.8) is 0 Å². The zero-order chi connectivity index (χ0) is 17.5. The molecule has 5 nitrogen and oxygen atoms in total. The molecule has 23 heavy (non-hydrogen) atoms. The van der Waals surface area contributed by atoms with E-state index < -0.39 is 0 Å². The van der Waals surface area contributed by atoms with E-state index in [1.165, 1.54) is 0 Å². The molecular weight excluding hydrogens is 308 g/mol. The van der Waals surface area contributed by atoms with Crippen LogP contribution < -0.4 is 10.6 Å². The Bertz CT molecular complexity index is 404. The molecule has 1 amide bonds. The molecule has 0 bridgehead atoms. The predicted molar refractivity (Wildman–Crippen MR) is 101 cm³/mol. The Hall–Kier alpha value is -0.910. The average Bonchev–Trinajstić information content (AvgIpc) is 2.49. The lowest BCUT2D eigenvalue weighted by molar-refractivity contribution is -0.128. The zero-order valence-corrected chi connectivity index (χ0v) is 16.4. The molecule has 1 saturated heterocycles. The Balaban J connectivity index is 2.54. The van der Waals surface area contributed by atoms with Crippen molar-refractivity contribution < 1.29 is 4.79 Å². The number of amides is 1. The Morgan fingerprint density at radius 2 is 2.04 bits per heavy atom. The number of hydrogen-bond acceptors (Lipinski definition) is 3. The molecule has 134 valence electrons. The van der Waals surface area contributed by atoms with Crippen molar-refractivity contribution in [1.82, 2.24) is 15.5 Å². The molecule has 1 aliphatic rings. The van der Waals surface area contributed by atoms with Crippen LogP contribution in [0.5, 0.6) is 0 Å². The molecule has 6 heteroatoms. The van der Waals surface area contributed by atoms with Gasteiger partial charge < -0.3 is 15.5 Å². The van der Waals surface area contributed by atoms with E-state index in [0.29, 0.717) is 24.3 Å². The van der Waals surface area contributed by atoms with E-state index in [0.717, 1.165) is 31.3 Å². The van der Waals surface area contributed by atoms with Crippen molar-refractivity contribution in [1.29, 1.82) is 0 Å². The van der Waals surface area contributed by atoms with Crippen LogP contribution in [0.25, 0.3) is 0 Å². The van der Waals surface area contributed by atoms with E-state index in [9.17, 15) is 4.79 Å². The van der Waals surface area contributed by atoms with Crippen LogP contribution >= 0.6 is 11.8 Å². The summed E-state index contributed by atoms with van der Waals surface area (Å²) in [5, 5.41) is 7.00. The van der Waals surface area contributed by atoms with Gasteiger partial charge >= 0.3 is 0 Å². The third-order valence-corrected chi connectivity index (χ3v) is 5.35. The van der Waals surface area contributed by atoms with Crippen molar-refractivity contribution in [2.45, 2.75) is 46.8 Å². The number of nitrogens with one attached hydrogen (secondary N) is 2. The van der Waals surface area contributed by atoms with Gasteiger partial charge in [-0.05, 0) is 12.8 Å². The first-order valence-electron chi connectivity index (χ1n) is 8.68. The van der Waals surface area contributed by atoms with E-state index in [1.54, 1.807) is 0 Å². The second-order valence-corrected chi connectivity index (χ2v) is 8.69. The molecule has 1 unspecified atom stereocenters. The highest BCUT2D eigenvalue weighted by Gasteiger charge is 2.25. The highest BCUT2D eigenvalue weighted by atomic mass is 32.2. The summed E-state index contributed by atoms with van der Waals surface area (Å²) < 4.78 is 0. The van der Waals surface area contributed by atoms with Gasteiger partial charge in [0.2, 0.25) is 5.91 Å². The third-order valence-electron chi connectivity index (χ3n) is 3.81. The molecule has 1 fully saturated rings. The standard InChI is InChI=1S/C17H34N4OS/c1-7-18-16(20-9-8-19-15(22)17(4,5)6)21-10-11-23-14(12-21)13(2)3/h13-14H,7-12H2,1-6H3,(H,18,20)(H,19,22). The summed E-state index contributed by atoms with van der Waals surface area (Å²) in [4.78, 5) is 18.9. The number of hydrogen-bond donors (Lipinski definition) is 2. The molecular formula is C17H34N4OS. The lowest BCUT2D eigenvalue weighted by Gasteiger charge is -2.36. The van der Waals surface area contributed by atoms with Gasteiger partial charge in [0.1, 0.15) is 0 Å². The summed E-state index contributed by atoms with van der Waals surface area (Å²) in [5.74, 6) is 2.88. The normalized spacial score (nSPS) is 19.9. The molecule has 0 saturated carbocycles. The van der Waals surface area contributed by atoms with Crippen LogP contribution in [0.15, 0.2) is 4.99 Å². The number of carbonyl (C=O) groups is 1. The first kappa shape index (κ1) is 20.1. The summed E-state index contributed by atoms with van der Waals surface area (Å²) in [6.07, 6.45) is 0. The predicted octanol–water partition coefficient (Wildman–Crippen LogP) is 2.19. The number of nitrogens with zero attached hydrogens (tertiary/aromatic N) is 2. The van der Waals surface area contributed by atoms with Gasteiger partial charge in [-0.25, -0.2) is 0 Å². The molecule has 2 N–H and O–H groups in total. The number of carbonyl (C=O) groups excluding carboxylic acids is 1. The van der Waals surface area contributed by atoms with Crippen LogP contribution in [0.4, 0.5) is 0 Å². The minimum atomic E-state index is -0.344. The fourth-order valence-electron chi connectivity index (χ4n) is 2.29. The van der Waals surface area contributed by atoms with Gasteiger partial charge in [0, 0.05) is 42.6 Å². The van der Waals surface area contributed by atoms with Crippen LogP contribution in [-0.4, -0.2) is 60.5 Å². The van der Waals surface area contributed by atoms with Crippen molar-refractivity contribution in [3.8, 4) is 0 Å². The molecule has 1 atom stereocenters. The van der Waals surface area contributed by atoms with Crippen LogP contribution in [-0.2, 0) is 4.79 Å². The number of guanidine groups is 1. The number of thioether (sulfide) groups is 1. The first-order chi connectivity index (χ1) is 10.8. The monoisotopic (exact) mass is 342 g/mol. The molecule has 1 rings (SSSR count). The van der Waals surface area contributed by atoms with Gasteiger partial charge in [-0.2, -0.15) is 11.8 Å². The Kier molecular flexibility index (Phi) is 8.23. The van der Waals surface area contributed by atoms with Crippen LogP contribution in [0.1, 0.15) is 41.5 Å². The van der Waals surface area contributed by atoms with Gasteiger partial charge in [0.25, 0.3) is 0 Å². The van der Waals surface area contributed by atoms with E-state index >= 15 is 0 Å². The van der Waals surface area contributed by atoms with Crippen molar-refractivity contribution in [2.24, 2.45) is 16.3 Å². The quantitative estimate of drug-likeness (QED) is 0.457. The van der Waals surface area contributed by atoms with Crippen molar-refractivity contribution in [3.05, 3.63) is 0 Å². The topological polar surface area (TPSA) is 56.7 Å². The summed E-state index contributed by atoms with van der Waals surface area (Å²) in [6.45, 7) is 16.6. The van der Waals surface area contributed by atoms with E-state index in [2.05, 4.69) is 48.1 Å². The van der Waals surface area contributed by atoms with E-state index in [1.807, 2.05) is 20.8 Å². The largest absolute Gasteiger partial charge is 0.357 e. The van der Waals surface area contributed by atoms with E-state index in [-0.39, 0.29) is 11.3 Å². The first-order valence-corrected chi connectivity index (χ1v) is 9.73. The van der Waals surface area contributed by atoms with Gasteiger partial charge in [0.15, 0.2) is 5.96 Å². The lowest BCUT2D eigenvalue weighted by atomic mass is 9.96. The molecule has 0 aromatic rings. The highest BCUT2D eigenvalue weighted by molar-refractivity contribution is 8.00.